The highest BCUT2D eigenvalue weighted by molar-refractivity contribution is 7.89. The van der Waals surface area contributed by atoms with Gasteiger partial charge in [-0.2, -0.15) is 9.29 Å². The summed E-state index contributed by atoms with van der Waals surface area (Å²) in [4.78, 5) is 20.1. The number of rotatable bonds is 5. The van der Waals surface area contributed by atoms with E-state index >= 15 is 0 Å². The minimum absolute atomic E-state index is 0.0205. The van der Waals surface area contributed by atoms with E-state index in [0.29, 0.717) is 24.7 Å². The molecule has 0 spiro atoms. The van der Waals surface area contributed by atoms with Gasteiger partial charge in [-0.15, -0.1) is 11.3 Å². The van der Waals surface area contributed by atoms with Gasteiger partial charge >= 0.3 is 5.97 Å². The second kappa shape index (κ2) is 7.68. The van der Waals surface area contributed by atoms with Crippen LogP contribution in [0.2, 0.25) is 0 Å². The zero-order valence-corrected chi connectivity index (χ0v) is 16.0. The molecule has 1 aliphatic rings. The SMILES string of the molecule is COC(=O)c1sccc1S(=O)(=O)N1CCCC(Oc2ccnc(C)n2)C1. The fourth-order valence-electron chi connectivity index (χ4n) is 2.77. The highest BCUT2D eigenvalue weighted by Crippen LogP contribution is 2.28. The number of ether oxygens (including phenoxy) is 2. The Bertz CT molecular complexity index is 897. The summed E-state index contributed by atoms with van der Waals surface area (Å²) >= 11 is 1.05. The summed E-state index contributed by atoms with van der Waals surface area (Å²) in [7, 11) is -2.58. The van der Waals surface area contributed by atoms with Crippen molar-refractivity contribution in [1.29, 1.82) is 0 Å². The maximum Gasteiger partial charge on any atom is 0.349 e. The van der Waals surface area contributed by atoms with Crippen LogP contribution in [0.1, 0.15) is 28.3 Å². The number of aryl methyl sites for hydroxylation is 1. The Hall–Kier alpha value is -2.04. The van der Waals surface area contributed by atoms with Crippen molar-refractivity contribution in [1.82, 2.24) is 14.3 Å². The van der Waals surface area contributed by atoms with Crippen LogP contribution in [0.4, 0.5) is 0 Å². The van der Waals surface area contributed by atoms with E-state index in [-0.39, 0.29) is 22.4 Å². The molecule has 0 bridgehead atoms. The molecule has 1 aliphatic heterocycles. The summed E-state index contributed by atoms with van der Waals surface area (Å²) in [6.45, 7) is 2.33. The van der Waals surface area contributed by atoms with Crippen molar-refractivity contribution in [2.24, 2.45) is 0 Å². The lowest BCUT2D eigenvalue weighted by Gasteiger charge is -2.31. The van der Waals surface area contributed by atoms with E-state index in [9.17, 15) is 13.2 Å². The zero-order valence-electron chi connectivity index (χ0n) is 14.4. The monoisotopic (exact) mass is 397 g/mol. The lowest BCUT2D eigenvalue weighted by Crippen LogP contribution is -2.44. The molecule has 1 unspecified atom stereocenters. The van der Waals surface area contributed by atoms with Crippen LogP contribution in [0.25, 0.3) is 0 Å². The molecule has 3 heterocycles. The van der Waals surface area contributed by atoms with Crippen LogP contribution in [0.5, 0.6) is 5.88 Å². The molecule has 0 aliphatic carbocycles. The van der Waals surface area contributed by atoms with Crippen molar-refractivity contribution >= 4 is 27.3 Å². The first-order valence-corrected chi connectivity index (χ1v) is 10.4. The molecule has 1 atom stereocenters. The Labute approximate surface area is 155 Å². The fraction of sp³-hybridized carbons (Fsp3) is 0.438. The number of piperidine rings is 1. The maximum absolute atomic E-state index is 13.0. The highest BCUT2D eigenvalue weighted by Gasteiger charge is 2.34. The average Bonchev–Trinajstić information content (AvgIpc) is 3.12. The van der Waals surface area contributed by atoms with Crippen LogP contribution < -0.4 is 4.74 Å². The smallest absolute Gasteiger partial charge is 0.349 e. The molecular formula is C16H19N3O5S2. The third kappa shape index (κ3) is 3.87. The first-order chi connectivity index (χ1) is 12.4. The van der Waals surface area contributed by atoms with Crippen molar-refractivity contribution in [3.05, 3.63) is 34.4 Å². The molecule has 0 N–H and O–H groups in total. The van der Waals surface area contributed by atoms with Crippen molar-refractivity contribution in [2.75, 3.05) is 20.2 Å². The van der Waals surface area contributed by atoms with Crippen molar-refractivity contribution in [3.8, 4) is 5.88 Å². The quantitative estimate of drug-likeness (QED) is 0.710. The Morgan fingerprint density at radius 3 is 2.92 bits per heavy atom. The van der Waals surface area contributed by atoms with Crippen LogP contribution in [-0.4, -0.2) is 55.0 Å². The number of esters is 1. The van der Waals surface area contributed by atoms with E-state index in [1.54, 1.807) is 24.6 Å². The predicted molar refractivity (Wildman–Crippen MR) is 94.8 cm³/mol. The summed E-state index contributed by atoms with van der Waals surface area (Å²) in [5, 5.41) is 1.57. The van der Waals surface area contributed by atoms with Gasteiger partial charge in [0.05, 0.1) is 13.7 Å². The van der Waals surface area contributed by atoms with Crippen LogP contribution in [0.3, 0.4) is 0 Å². The lowest BCUT2D eigenvalue weighted by molar-refractivity contribution is 0.0602. The second-order valence-electron chi connectivity index (χ2n) is 5.79. The summed E-state index contributed by atoms with van der Waals surface area (Å²) < 4.78 is 37.8. The van der Waals surface area contributed by atoms with Crippen LogP contribution in [0.15, 0.2) is 28.6 Å². The van der Waals surface area contributed by atoms with Gasteiger partial charge in [-0.05, 0) is 31.2 Å². The van der Waals surface area contributed by atoms with Gasteiger partial charge in [0.1, 0.15) is 21.7 Å². The third-order valence-corrected chi connectivity index (χ3v) is 6.93. The Morgan fingerprint density at radius 1 is 1.38 bits per heavy atom. The van der Waals surface area contributed by atoms with E-state index in [4.69, 9.17) is 4.74 Å². The Balaban J connectivity index is 1.78. The third-order valence-electron chi connectivity index (χ3n) is 4.00. The number of hydrogen-bond donors (Lipinski definition) is 0. The molecule has 10 heteroatoms. The van der Waals surface area contributed by atoms with Gasteiger partial charge in [-0.3, -0.25) is 0 Å². The van der Waals surface area contributed by atoms with Gasteiger partial charge < -0.3 is 9.47 Å². The molecule has 0 amide bonds. The van der Waals surface area contributed by atoms with Gasteiger partial charge in [0.2, 0.25) is 15.9 Å². The van der Waals surface area contributed by atoms with E-state index in [1.165, 1.54) is 17.5 Å². The summed E-state index contributed by atoms with van der Waals surface area (Å²) in [6, 6.07) is 3.08. The van der Waals surface area contributed by atoms with Gasteiger partial charge in [0.25, 0.3) is 0 Å². The number of hydrogen-bond acceptors (Lipinski definition) is 8. The molecule has 0 saturated carbocycles. The largest absolute Gasteiger partial charge is 0.473 e. The van der Waals surface area contributed by atoms with Gasteiger partial charge in [-0.25, -0.2) is 18.2 Å². The molecule has 8 nitrogen and oxygen atoms in total. The molecule has 1 saturated heterocycles. The molecule has 3 rings (SSSR count). The number of thiophene rings is 1. The highest BCUT2D eigenvalue weighted by atomic mass is 32.2. The molecule has 0 radical (unpaired) electrons. The minimum Gasteiger partial charge on any atom is -0.473 e. The molecule has 2 aromatic heterocycles. The van der Waals surface area contributed by atoms with Crippen molar-refractivity contribution in [2.45, 2.75) is 30.8 Å². The molecule has 0 aromatic carbocycles. The summed E-state index contributed by atoms with van der Waals surface area (Å²) in [6.07, 6.45) is 2.67. The normalized spacial score (nSPS) is 18.5. The first-order valence-electron chi connectivity index (χ1n) is 8.04. The number of carbonyl (C=O) groups is 1. The number of carbonyl (C=O) groups excluding carboxylic acids is 1. The maximum atomic E-state index is 13.0. The van der Waals surface area contributed by atoms with Gasteiger partial charge in [-0.1, -0.05) is 0 Å². The topological polar surface area (TPSA) is 98.7 Å². The molecular weight excluding hydrogens is 378 g/mol. The fourth-order valence-corrected chi connectivity index (χ4v) is 5.59. The summed E-state index contributed by atoms with van der Waals surface area (Å²) in [5.41, 5.74) is 0. The molecule has 140 valence electrons. The number of aromatic nitrogens is 2. The first kappa shape index (κ1) is 18.7. The number of nitrogens with zero attached hydrogens (tertiary/aromatic N) is 3. The van der Waals surface area contributed by atoms with E-state index in [1.807, 2.05) is 0 Å². The second-order valence-corrected chi connectivity index (χ2v) is 8.62. The van der Waals surface area contributed by atoms with Crippen LogP contribution in [0, 0.1) is 6.92 Å². The van der Waals surface area contributed by atoms with Crippen LogP contribution >= 0.6 is 11.3 Å². The van der Waals surface area contributed by atoms with E-state index in [2.05, 4.69) is 14.7 Å². The standard InChI is InChI=1S/C16H19N3O5S2/c1-11-17-7-5-14(18-11)24-12-4-3-8-19(10-12)26(21,22)13-6-9-25-15(13)16(20)23-2/h5-7,9,12H,3-4,8,10H2,1-2H3. The average molecular weight is 397 g/mol. The molecule has 2 aromatic rings. The Kier molecular flexibility index (Phi) is 5.54. The predicted octanol–water partition coefficient (Wildman–Crippen LogP) is 1.87. The molecule has 26 heavy (non-hydrogen) atoms. The Morgan fingerprint density at radius 2 is 2.19 bits per heavy atom. The van der Waals surface area contributed by atoms with Gasteiger partial charge in [0, 0.05) is 18.8 Å². The number of sulfonamides is 1. The number of methoxy groups -OCH3 is 1. The zero-order chi connectivity index (χ0) is 18.7. The van der Waals surface area contributed by atoms with Crippen LogP contribution in [-0.2, 0) is 14.8 Å². The van der Waals surface area contributed by atoms with Crippen molar-refractivity contribution in [3.63, 3.8) is 0 Å². The lowest BCUT2D eigenvalue weighted by atomic mass is 10.1. The van der Waals surface area contributed by atoms with E-state index in [0.717, 1.165) is 17.8 Å². The minimum atomic E-state index is -3.81. The molecule has 1 fully saturated rings. The van der Waals surface area contributed by atoms with Crippen molar-refractivity contribution < 1.29 is 22.7 Å². The summed E-state index contributed by atoms with van der Waals surface area (Å²) in [5.74, 6) is 0.358. The van der Waals surface area contributed by atoms with E-state index < -0.39 is 16.0 Å². The van der Waals surface area contributed by atoms with Gasteiger partial charge in [0.15, 0.2) is 0 Å².